The Bertz CT molecular complexity index is 1660. The van der Waals surface area contributed by atoms with Crippen LogP contribution in [0.4, 0.5) is 11.5 Å². The van der Waals surface area contributed by atoms with Crippen LogP contribution in [0.15, 0.2) is 70.6 Å². The number of fused-ring (bicyclic) bond motifs is 1. The first-order valence-corrected chi connectivity index (χ1v) is 14.1. The number of sulfone groups is 1. The van der Waals surface area contributed by atoms with Gasteiger partial charge in [0.25, 0.3) is 5.91 Å². The molecule has 3 aromatic heterocycles. The highest BCUT2D eigenvalue weighted by molar-refractivity contribution is 7.90. The minimum atomic E-state index is -3.43. The van der Waals surface area contributed by atoms with Crippen molar-refractivity contribution in [1.29, 1.82) is 0 Å². The second-order valence-electron chi connectivity index (χ2n) is 9.36. The molecule has 1 aliphatic rings. The highest BCUT2D eigenvalue weighted by atomic mass is 32.2. The number of benzene rings is 1. The van der Waals surface area contributed by atoms with Gasteiger partial charge in [-0.2, -0.15) is 0 Å². The van der Waals surface area contributed by atoms with E-state index in [-0.39, 0.29) is 28.5 Å². The average Bonchev–Trinajstić information content (AvgIpc) is 2.91. The molecular formula is C27H28N6O4S. The first kappa shape index (κ1) is 25.4. The predicted molar refractivity (Wildman–Crippen MR) is 146 cm³/mol. The van der Waals surface area contributed by atoms with Gasteiger partial charge in [0.05, 0.1) is 28.3 Å². The Kier molecular flexibility index (Phi) is 6.85. The number of carbonyl (C=O) groups excluding carboxylic acids is 1. The smallest absolute Gasteiger partial charge is 0.251 e. The Morgan fingerprint density at radius 1 is 1.03 bits per heavy atom. The summed E-state index contributed by atoms with van der Waals surface area (Å²) in [6, 6.07) is 13.8. The molecule has 1 aliphatic heterocycles. The molecule has 4 aromatic rings. The van der Waals surface area contributed by atoms with Gasteiger partial charge in [-0.3, -0.25) is 14.6 Å². The zero-order valence-electron chi connectivity index (χ0n) is 21.1. The minimum Gasteiger partial charge on any atom is -0.367 e. The van der Waals surface area contributed by atoms with Crippen molar-refractivity contribution in [2.45, 2.75) is 18.4 Å². The molecule has 0 spiro atoms. The van der Waals surface area contributed by atoms with Crippen molar-refractivity contribution in [1.82, 2.24) is 20.3 Å². The van der Waals surface area contributed by atoms with E-state index in [0.29, 0.717) is 11.3 Å². The normalized spacial score (nSPS) is 14.1. The molecule has 2 N–H and O–H groups in total. The van der Waals surface area contributed by atoms with Crippen molar-refractivity contribution < 1.29 is 13.2 Å². The molecule has 0 saturated carbocycles. The van der Waals surface area contributed by atoms with Crippen LogP contribution in [0, 0.1) is 6.92 Å². The number of aromatic amines is 1. The van der Waals surface area contributed by atoms with Crippen LogP contribution in [-0.4, -0.2) is 61.7 Å². The second kappa shape index (κ2) is 10.3. The van der Waals surface area contributed by atoms with Gasteiger partial charge in [0, 0.05) is 61.8 Å². The van der Waals surface area contributed by atoms with Gasteiger partial charge in [-0.05, 0) is 48.9 Å². The maximum absolute atomic E-state index is 12.7. The molecule has 10 nitrogen and oxygen atoms in total. The summed E-state index contributed by atoms with van der Waals surface area (Å²) in [6.07, 6.45) is 4.60. The lowest BCUT2D eigenvalue weighted by atomic mass is 10.1. The van der Waals surface area contributed by atoms with Gasteiger partial charge in [-0.25, -0.2) is 13.4 Å². The first-order chi connectivity index (χ1) is 18.2. The van der Waals surface area contributed by atoms with Crippen LogP contribution < -0.4 is 20.7 Å². The van der Waals surface area contributed by atoms with E-state index in [1.165, 1.54) is 12.1 Å². The molecule has 1 saturated heterocycles. The number of piperazine rings is 1. The van der Waals surface area contributed by atoms with Gasteiger partial charge in [-0.1, -0.05) is 6.07 Å². The highest BCUT2D eigenvalue weighted by Gasteiger charge is 2.19. The van der Waals surface area contributed by atoms with E-state index in [4.69, 9.17) is 4.98 Å². The second-order valence-corrected chi connectivity index (χ2v) is 11.3. The molecule has 1 fully saturated rings. The summed E-state index contributed by atoms with van der Waals surface area (Å²) in [5.74, 6) is 0.492. The lowest BCUT2D eigenvalue weighted by Crippen LogP contribution is -2.47. The van der Waals surface area contributed by atoms with E-state index < -0.39 is 9.84 Å². The number of pyridine rings is 3. The fourth-order valence-electron chi connectivity index (χ4n) is 4.53. The first-order valence-electron chi connectivity index (χ1n) is 12.2. The third-order valence-corrected chi connectivity index (χ3v) is 7.87. The predicted octanol–water partition coefficient (Wildman–Crippen LogP) is 2.29. The van der Waals surface area contributed by atoms with Gasteiger partial charge < -0.3 is 20.1 Å². The number of hydrogen-bond acceptors (Lipinski definition) is 8. The fraction of sp³-hybridized carbons (Fsp3) is 0.259. The van der Waals surface area contributed by atoms with E-state index in [0.717, 1.165) is 54.8 Å². The summed E-state index contributed by atoms with van der Waals surface area (Å²) in [4.78, 5) is 40.6. The van der Waals surface area contributed by atoms with E-state index >= 15 is 0 Å². The highest BCUT2D eigenvalue weighted by Crippen LogP contribution is 2.22. The van der Waals surface area contributed by atoms with Crippen LogP contribution in [0.5, 0.6) is 0 Å². The van der Waals surface area contributed by atoms with Crippen molar-refractivity contribution >= 4 is 38.2 Å². The molecule has 5 rings (SSSR count). The summed E-state index contributed by atoms with van der Waals surface area (Å²) in [6.45, 7) is 5.07. The number of nitrogens with zero attached hydrogens (tertiary/aromatic N) is 4. The number of carbonyl (C=O) groups is 1. The number of rotatable bonds is 6. The summed E-state index contributed by atoms with van der Waals surface area (Å²) in [7, 11) is -3.43. The number of aromatic nitrogens is 3. The summed E-state index contributed by atoms with van der Waals surface area (Å²) in [5.41, 5.74) is 3.18. The van der Waals surface area contributed by atoms with E-state index in [1.807, 2.05) is 24.3 Å². The van der Waals surface area contributed by atoms with Crippen LogP contribution in [0.25, 0.3) is 10.9 Å². The molecule has 0 aliphatic carbocycles. The molecule has 38 heavy (non-hydrogen) atoms. The van der Waals surface area contributed by atoms with E-state index in [2.05, 4.69) is 25.1 Å². The molecule has 4 heterocycles. The van der Waals surface area contributed by atoms with Crippen molar-refractivity contribution in [3.05, 3.63) is 88.1 Å². The summed E-state index contributed by atoms with van der Waals surface area (Å²) in [5, 5.41) is 3.71. The minimum absolute atomic E-state index is 0.114. The fourth-order valence-corrected chi connectivity index (χ4v) is 5.52. The van der Waals surface area contributed by atoms with Gasteiger partial charge in [0.2, 0.25) is 5.56 Å². The molecule has 0 bridgehead atoms. The monoisotopic (exact) mass is 532 g/mol. The standard InChI is InChI=1S/C27H28N6O4S/c1-18-3-4-19(13-24(18)38(2,36)37)27(35)30-16-21-14-23-20(15-28-21)5-7-25(31-23)33-11-9-32(10-12-33)22-6-8-26(34)29-17-22/h3-8,13-15,17H,9-12,16H2,1-2H3,(H,29,34)(H,30,35). The maximum Gasteiger partial charge on any atom is 0.251 e. The topological polar surface area (TPSA) is 128 Å². The Labute approximate surface area is 220 Å². The lowest BCUT2D eigenvalue weighted by molar-refractivity contribution is 0.0950. The quantitative estimate of drug-likeness (QED) is 0.387. The summed E-state index contributed by atoms with van der Waals surface area (Å²) >= 11 is 0. The van der Waals surface area contributed by atoms with Crippen LogP contribution in [-0.2, 0) is 16.4 Å². The average molecular weight is 533 g/mol. The van der Waals surface area contributed by atoms with Crippen molar-refractivity contribution in [3.63, 3.8) is 0 Å². The van der Waals surface area contributed by atoms with Crippen LogP contribution in [0.1, 0.15) is 21.6 Å². The zero-order valence-corrected chi connectivity index (χ0v) is 22.0. The Balaban J connectivity index is 1.26. The van der Waals surface area contributed by atoms with Crippen LogP contribution in [0.2, 0.25) is 0 Å². The zero-order chi connectivity index (χ0) is 26.9. The van der Waals surface area contributed by atoms with Gasteiger partial charge in [0.15, 0.2) is 9.84 Å². The number of H-pyrrole nitrogens is 1. The molecule has 0 unspecified atom stereocenters. The third kappa shape index (κ3) is 5.52. The van der Waals surface area contributed by atoms with Crippen molar-refractivity contribution in [2.75, 3.05) is 42.2 Å². The molecule has 0 radical (unpaired) electrons. The lowest BCUT2D eigenvalue weighted by Gasteiger charge is -2.36. The molecule has 196 valence electrons. The Morgan fingerprint density at radius 3 is 2.50 bits per heavy atom. The van der Waals surface area contributed by atoms with E-state index in [1.54, 1.807) is 31.5 Å². The van der Waals surface area contributed by atoms with Gasteiger partial charge in [-0.15, -0.1) is 0 Å². The van der Waals surface area contributed by atoms with E-state index in [9.17, 15) is 18.0 Å². The van der Waals surface area contributed by atoms with Crippen molar-refractivity contribution in [3.8, 4) is 0 Å². The molecule has 0 atom stereocenters. The number of aryl methyl sites for hydroxylation is 1. The number of anilines is 2. The number of hydrogen-bond donors (Lipinski definition) is 2. The number of nitrogens with one attached hydrogen (secondary N) is 2. The van der Waals surface area contributed by atoms with Crippen LogP contribution >= 0.6 is 0 Å². The number of amides is 1. The largest absolute Gasteiger partial charge is 0.367 e. The van der Waals surface area contributed by atoms with Crippen molar-refractivity contribution in [2.24, 2.45) is 0 Å². The van der Waals surface area contributed by atoms with Gasteiger partial charge in [0.1, 0.15) is 5.82 Å². The molecular weight excluding hydrogens is 504 g/mol. The Morgan fingerprint density at radius 2 is 1.79 bits per heavy atom. The summed E-state index contributed by atoms with van der Waals surface area (Å²) < 4.78 is 24.0. The molecule has 11 heteroatoms. The Hall–Kier alpha value is -4.25. The SMILES string of the molecule is Cc1ccc(C(=O)NCc2cc3nc(N4CCN(c5ccc(=O)[nH]c5)CC4)ccc3cn2)cc1S(C)(=O)=O. The van der Waals surface area contributed by atoms with Gasteiger partial charge >= 0.3 is 0 Å². The molecule has 1 aromatic carbocycles. The maximum atomic E-state index is 12.7. The van der Waals surface area contributed by atoms with Crippen LogP contribution in [0.3, 0.4) is 0 Å². The molecule has 1 amide bonds. The third-order valence-electron chi connectivity index (χ3n) is 6.63.